The quantitative estimate of drug-likeness (QED) is 0.752. The Morgan fingerprint density at radius 3 is 2.57 bits per heavy atom. The average Bonchev–Trinajstić information content (AvgIpc) is 2.57. The van der Waals surface area contributed by atoms with Gasteiger partial charge >= 0.3 is 12.2 Å². The Morgan fingerprint density at radius 2 is 1.93 bits per heavy atom. The number of nitrogens with zero attached hydrogens (tertiary/aromatic N) is 1. The summed E-state index contributed by atoms with van der Waals surface area (Å²) in [7, 11) is 0. The number of amides is 2. The normalized spacial score (nSPS) is 17.2. The molecule has 1 aliphatic heterocycles. The Balaban J connectivity index is 1.74. The van der Waals surface area contributed by atoms with Crippen molar-refractivity contribution in [1.82, 2.24) is 10.2 Å². The Morgan fingerprint density at radius 1 is 1.25 bits per heavy atom. The van der Waals surface area contributed by atoms with E-state index < -0.39 is 17.8 Å². The summed E-state index contributed by atoms with van der Waals surface area (Å²) in [6, 6.07) is 5.02. The predicted octanol–water partition coefficient (Wildman–Crippen LogP) is 4.25. The maximum atomic E-state index is 12.3. The minimum absolute atomic E-state index is 0.0847. The van der Waals surface area contributed by atoms with Crippen LogP contribution in [0.4, 0.5) is 9.59 Å². The van der Waals surface area contributed by atoms with Crippen molar-refractivity contribution in [1.29, 1.82) is 0 Å². The summed E-state index contributed by atoms with van der Waals surface area (Å²) in [5.74, 6) is 0. The lowest BCUT2D eigenvalue weighted by molar-refractivity contribution is -0.0313. The zero-order valence-electron chi connectivity index (χ0n) is 16.3. The van der Waals surface area contributed by atoms with Gasteiger partial charge in [0.05, 0.1) is 19.3 Å². The zero-order valence-corrected chi connectivity index (χ0v) is 17.8. The summed E-state index contributed by atoms with van der Waals surface area (Å²) in [6.45, 7) is 7.14. The first kappa shape index (κ1) is 22.6. The predicted molar refractivity (Wildman–Crippen MR) is 107 cm³/mol. The van der Waals surface area contributed by atoms with Crippen molar-refractivity contribution >= 4 is 35.4 Å². The van der Waals surface area contributed by atoms with Crippen molar-refractivity contribution in [3.8, 4) is 0 Å². The Hall–Kier alpha value is -1.70. The maximum Gasteiger partial charge on any atom is 0.410 e. The largest absolute Gasteiger partial charge is 0.445 e. The second-order valence-corrected chi connectivity index (χ2v) is 8.36. The van der Waals surface area contributed by atoms with E-state index in [0.29, 0.717) is 42.7 Å². The zero-order chi connectivity index (χ0) is 20.7. The van der Waals surface area contributed by atoms with Crippen LogP contribution in [-0.2, 0) is 20.8 Å². The summed E-state index contributed by atoms with van der Waals surface area (Å²) < 4.78 is 16.2. The fourth-order valence-corrected chi connectivity index (χ4v) is 3.21. The minimum Gasteiger partial charge on any atom is -0.445 e. The van der Waals surface area contributed by atoms with Gasteiger partial charge in [0.25, 0.3) is 0 Å². The maximum absolute atomic E-state index is 12.3. The number of morpholine rings is 1. The summed E-state index contributed by atoms with van der Waals surface area (Å²) >= 11 is 11.9. The number of alkyl carbamates (subject to hydrolysis) is 1. The number of benzene rings is 1. The SMILES string of the molecule is CC(C)(C)OC(=O)NCC[C@H]1CN(C(=O)OCc2cc(Cl)cc(Cl)c2)CCO1. The third-order valence-electron chi connectivity index (χ3n) is 3.82. The Labute approximate surface area is 175 Å². The third kappa shape index (κ3) is 8.12. The number of carbonyl (C=O) groups excluding carboxylic acids is 2. The van der Waals surface area contributed by atoms with Crippen LogP contribution in [0.3, 0.4) is 0 Å². The Kier molecular flexibility index (Phi) is 8.22. The summed E-state index contributed by atoms with van der Waals surface area (Å²) in [6.07, 6.45) is -0.520. The molecule has 0 bridgehead atoms. The number of ether oxygens (including phenoxy) is 3. The lowest BCUT2D eigenvalue weighted by Crippen LogP contribution is -2.46. The van der Waals surface area contributed by atoms with Crippen LogP contribution in [0.5, 0.6) is 0 Å². The lowest BCUT2D eigenvalue weighted by atomic mass is 10.2. The summed E-state index contributed by atoms with van der Waals surface area (Å²) in [5.41, 5.74) is 0.177. The molecule has 1 aromatic rings. The van der Waals surface area contributed by atoms with E-state index >= 15 is 0 Å². The molecule has 0 spiro atoms. The van der Waals surface area contributed by atoms with E-state index in [1.54, 1.807) is 43.9 Å². The van der Waals surface area contributed by atoms with Crippen LogP contribution in [-0.4, -0.2) is 55.0 Å². The van der Waals surface area contributed by atoms with E-state index in [9.17, 15) is 9.59 Å². The molecular formula is C19H26Cl2N2O5. The molecular weight excluding hydrogens is 407 g/mol. The van der Waals surface area contributed by atoms with Crippen molar-refractivity contribution < 1.29 is 23.8 Å². The molecule has 0 saturated carbocycles. The van der Waals surface area contributed by atoms with Crippen molar-refractivity contribution in [2.24, 2.45) is 0 Å². The third-order valence-corrected chi connectivity index (χ3v) is 4.25. The molecule has 0 unspecified atom stereocenters. The number of halogens is 2. The van der Waals surface area contributed by atoms with Gasteiger partial charge in [0.2, 0.25) is 0 Å². The van der Waals surface area contributed by atoms with Crippen molar-refractivity contribution in [3.05, 3.63) is 33.8 Å². The van der Waals surface area contributed by atoms with Crippen molar-refractivity contribution in [2.45, 2.75) is 45.5 Å². The van der Waals surface area contributed by atoms with Crippen LogP contribution in [0.1, 0.15) is 32.8 Å². The molecule has 1 atom stereocenters. The summed E-state index contributed by atoms with van der Waals surface area (Å²) in [5, 5.41) is 3.66. The van der Waals surface area contributed by atoms with Gasteiger partial charge in [-0.2, -0.15) is 0 Å². The van der Waals surface area contributed by atoms with E-state index in [1.165, 1.54) is 0 Å². The first-order valence-electron chi connectivity index (χ1n) is 9.07. The highest BCUT2D eigenvalue weighted by atomic mass is 35.5. The second kappa shape index (κ2) is 10.2. The molecule has 156 valence electrons. The standard InChI is InChI=1S/C19H26Cl2N2O5/c1-19(2,3)28-17(24)22-5-4-16-11-23(6-7-26-16)18(25)27-12-13-8-14(20)10-15(21)9-13/h8-10,16H,4-7,11-12H2,1-3H3,(H,22,24)/t16-/m0/s1. The van der Waals surface area contributed by atoms with E-state index in [-0.39, 0.29) is 12.7 Å². The highest BCUT2D eigenvalue weighted by molar-refractivity contribution is 6.34. The van der Waals surface area contributed by atoms with Gasteiger partial charge in [-0.1, -0.05) is 23.2 Å². The molecule has 1 aliphatic rings. The summed E-state index contributed by atoms with van der Waals surface area (Å²) in [4.78, 5) is 25.6. The molecule has 1 saturated heterocycles. The van der Waals surface area contributed by atoms with Gasteiger partial charge in [0.1, 0.15) is 12.2 Å². The molecule has 2 rings (SSSR count). The lowest BCUT2D eigenvalue weighted by Gasteiger charge is -2.32. The molecule has 7 nitrogen and oxygen atoms in total. The van der Waals surface area contributed by atoms with Crippen LogP contribution in [0.25, 0.3) is 0 Å². The van der Waals surface area contributed by atoms with Gasteiger partial charge < -0.3 is 24.4 Å². The van der Waals surface area contributed by atoms with Gasteiger partial charge in [0, 0.05) is 23.1 Å². The molecule has 0 radical (unpaired) electrons. The molecule has 1 aromatic carbocycles. The highest BCUT2D eigenvalue weighted by Gasteiger charge is 2.25. The van der Waals surface area contributed by atoms with Crippen LogP contribution < -0.4 is 5.32 Å². The second-order valence-electron chi connectivity index (χ2n) is 7.49. The number of hydrogen-bond acceptors (Lipinski definition) is 5. The van der Waals surface area contributed by atoms with E-state index in [1.807, 2.05) is 0 Å². The molecule has 1 fully saturated rings. The van der Waals surface area contributed by atoms with E-state index in [0.717, 1.165) is 5.56 Å². The van der Waals surface area contributed by atoms with Gasteiger partial charge in [-0.05, 0) is 51.0 Å². The number of nitrogens with one attached hydrogen (secondary N) is 1. The topological polar surface area (TPSA) is 77.1 Å². The molecule has 0 aliphatic carbocycles. The van der Waals surface area contributed by atoms with Crippen molar-refractivity contribution in [2.75, 3.05) is 26.2 Å². The molecule has 1 heterocycles. The fourth-order valence-electron chi connectivity index (χ4n) is 2.64. The molecule has 1 N–H and O–H groups in total. The average molecular weight is 433 g/mol. The van der Waals surface area contributed by atoms with Gasteiger partial charge in [-0.3, -0.25) is 0 Å². The smallest absolute Gasteiger partial charge is 0.410 e. The van der Waals surface area contributed by atoms with Crippen LogP contribution >= 0.6 is 23.2 Å². The van der Waals surface area contributed by atoms with E-state index in [4.69, 9.17) is 37.4 Å². The Bertz CT molecular complexity index is 673. The van der Waals surface area contributed by atoms with Crippen LogP contribution in [0, 0.1) is 0 Å². The monoisotopic (exact) mass is 432 g/mol. The molecule has 28 heavy (non-hydrogen) atoms. The molecule has 9 heteroatoms. The van der Waals surface area contributed by atoms with Gasteiger partial charge in [-0.15, -0.1) is 0 Å². The number of hydrogen-bond donors (Lipinski definition) is 1. The van der Waals surface area contributed by atoms with Crippen molar-refractivity contribution in [3.63, 3.8) is 0 Å². The van der Waals surface area contributed by atoms with Gasteiger partial charge in [0.15, 0.2) is 0 Å². The van der Waals surface area contributed by atoms with Crippen LogP contribution in [0.2, 0.25) is 10.0 Å². The minimum atomic E-state index is -0.542. The highest BCUT2D eigenvalue weighted by Crippen LogP contribution is 2.20. The molecule has 2 amide bonds. The number of carbonyl (C=O) groups is 2. The van der Waals surface area contributed by atoms with E-state index in [2.05, 4.69) is 5.32 Å². The van der Waals surface area contributed by atoms with Gasteiger partial charge in [-0.25, -0.2) is 9.59 Å². The fraction of sp³-hybridized carbons (Fsp3) is 0.579. The number of rotatable bonds is 5. The first-order chi connectivity index (χ1) is 13.1. The first-order valence-corrected chi connectivity index (χ1v) is 9.83. The van der Waals surface area contributed by atoms with Crippen LogP contribution in [0.15, 0.2) is 18.2 Å². The molecule has 0 aromatic heterocycles.